The molecule has 0 fully saturated rings. The number of aromatic nitrogens is 4. The Morgan fingerprint density at radius 3 is 1.69 bits per heavy atom. The van der Waals surface area contributed by atoms with Gasteiger partial charge in [-0.3, -0.25) is 0 Å². The summed E-state index contributed by atoms with van der Waals surface area (Å²) in [7, 11) is 0. The SMILES string of the molecule is CC1(C)c2ccccc2-c2c(ccc3c4ccccc4n(-c4cccc(-c5nc(-c6ccccc6)nc(-c6cccc(-c7ccccc7)c6)n5)c4)c23)C1(C)C. The van der Waals surface area contributed by atoms with Crippen LogP contribution in [0.1, 0.15) is 38.8 Å². The van der Waals surface area contributed by atoms with E-state index in [1.807, 2.05) is 24.3 Å². The van der Waals surface area contributed by atoms with Crippen molar-refractivity contribution in [1.29, 1.82) is 0 Å². The first-order valence-electron chi connectivity index (χ1n) is 19.0. The highest BCUT2D eigenvalue weighted by atomic mass is 15.0. The maximum absolute atomic E-state index is 5.18. The summed E-state index contributed by atoms with van der Waals surface area (Å²) in [5.41, 5.74) is 13.7. The second kappa shape index (κ2) is 12.5. The Bertz CT molecular complexity index is 2920. The van der Waals surface area contributed by atoms with Crippen molar-refractivity contribution in [3.05, 3.63) is 181 Å². The average Bonchev–Trinajstić information content (AvgIpc) is 3.58. The first kappa shape index (κ1) is 33.0. The van der Waals surface area contributed by atoms with E-state index in [-0.39, 0.29) is 10.8 Å². The third-order valence-electron chi connectivity index (χ3n) is 12.2. The Morgan fingerprint density at radius 2 is 0.945 bits per heavy atom. The molecule has 55 heavy (non-hydrogen) atoms. The Labute approximate surface area is 321 Å². The third kappa shape index (κ3) is 5.16. The second-order valence-electron chi connectivity index (χ2n) is 15.7. The predicted octanol–water partition coefficient (Wildman–Crippen LogP) is 12.9. The van der Waals surface area contributed by atoms with Crippen molar-refractivity contribution in [3.8, 4) is 62.1 Å². The van der Waals surface area contributed by atoms with Crippen LogP contribution in [0.4, 0.5) is 0 Å². The van der Waals surface area contributed by atoms with Gasteiger partial charge in [-0.2, -0.15) is 0 Å². The van der Waals surface area contributed by atoms with Crippen molar-refractivity contribution in [2.24, 2.45) is 0 Å². The number of para-hydroxylation sites is 1. The van der Waals surface area contributed by atoms with Gasteiger partial charge < -0.3 is 4.57 Å². The molecule has 9 aromatic rings. The van der Waals surface area contributed by atoms with E-state index in [9.17, 15) is 0 Å². The number of rotatable bonds is 5. The molecule has 2 heterocycles. The Kier molecular flexibility index (Phi) is 7.47. The maximum atomic E-state index is 5.18. The van der Waals surface area contributed by atoms with Gasteiger partial charge in [0.25, 0.3) is 0 Å². The molecule has 4 heteroatoms. The normalized spacial score (nSPS) is 14.1. The van der Waals surface area contributed by atoms with E-state index in [1.54, 1.807) is 0 Å². The van der Waals surface area contributed by atoms with Gasteiger partial charge >= 0.3 is 0 Å². The van der Waals surface area contributed by atoms with E-state index < -0.39 is 0 Å². The van der Waals surface area contributed by atoms with Gasteiger partial charge in [0.1, 0.15) is 0 Å². The molecule has 0 aliphatic heterocycles. The van der Waals surface area contributed by atoms with Gasteiger partial charge in [0, 0.05) is 38.7 Å². The summed E-state index contributed by atoms with van der Waals surface area (Å²) in [6.07, 6.45) is 0. The third-order valence-corrected chi connectivity index (χ3v) is 12.2. The van der Waals surface area contributed by atoms with E-state index >= 15 is 0 Å². The van der Waals surface area contributed by atoms with Crippen molar-refractivity contribution < 1.29 is 0 Å². The van der Waals surface area contributed by atoms with E-state index in [0.29, 0.717) is 17.5 Å². The quantitative estimate of drug-likeness (QED) is 0.179. The molecule has 2 aromatic heterocycles. The maximum Gasteiger partial charge on any atom is 0.164 e. The summed E-state index contributed by atoms with van der Waals surface area (Å²) < 4.78 is 2.46. The van der Waals surface area contributed by atoms with Gasteiger partial charge in [-0.1, -0.05) is 173 Å². The molecule has 7 aromatic carbocycles. The predicted molar refractivity (Wildman–Crippen MR) is 227 cm³/mol. The molecule has 10 rings (SSSR count). The molecule has 0 unspecified atom stereocenters. The van der Waals surface area contributed by atoms with Crippen molar-refractivity contribution in [3.63, 3.8) is 0 Å². The molecule has 0 saturated carbocycles. The van der Waals surface area contributed by atoms with Crippen molar-refractivity contribution in [2.45, 2.75) is 38.5 Å². The molecule has 1 aliphatic rings. The fourth-order valence-electron chi connectivity index (χ4n) is 8.64. The number of hydrogen-bond donors (Lipinski definition) is 0. The highest BCUT2D eigenvalue weighted by Crippen LogP contribution is 2.56. The number of nitrogens with zero attached hydrogens (tertiary/aromatic N) is 4. The van der Waals surface area contributed by atoms with Gasteiger partial charge in [0.2, 0.25) is 0 Å². The lowest BCUT2D eigenvalue weighted by molar-refractivity contribution is 0.299. The highest BCUT2D eigenvalue weighted by molar-refractivity contribution is 6.15. The van der Waals surface area contributed by atoms with Gasteiger partial charge in [-0.15, -0.1) is 0 Å². The minimum atomic E-state index is -0.110. The lowest BCUT2D eigenvalue weighted by Crippen LogP contribution is -2.43. The summed E-state index contributed by atoms with van der Waals surface area (Å²) in [5, 5.41) is 2.48. The Morgan fingerprint density at radius 1 is 0.400 bits per heavy atom. The van der Waals surface area contributed by atoms with Crippen LogP contribution in [-0.4, -0.2) is 19.5 Å². The molecule has 0 bridgehead atoms. The lowest BCUT2D eigenvalue weighted by Gasteiger charge is -2.48. The van der Waals surface area contributed by atoms with E-state index in [2.05, 4.69) is 178 Å². The Balaban J connectivity index is 1.20. The van der Waals surface area contributed by atoms with E-state index in [1.165, 1.54) is 44.1 Å². The zero-order chi connectivity index (χ0) is 37.3. The van der Waals surface area contributed by atoms with E-state index in [0.717, 1.165) is 33.5 Å². The second-order valence-corrected chi connectivity index (χ2v) is 15.7. The van der Waals surface area contributed by atoms with Crippen LogP contribution in [0, 0.1) is 0 Å². The monoisotopic (exact) mass is 708 g/mol. The molecule has 4 nitrogen and oxygen atoms in total. The fraction of sp³-hybridized carbons (Fsp3) is 0.118. The largest absolute Gasteiger partial charge is 0.309 e. The molecule has 0 saturated heterocycles. The topological polar surface area (TPSA) is 43.6 Å². The van der Waals surface area contributed by atoms with Crippen molar-refractivity contribution >= 4 is 21.8 Å². The van der Waals surface area contributed by atoms with Crippen LogP contribution in [-0.2, 0) is 10.8 Å². The fourth-order valence-corrected chi connectivity index (χ4v) is 8.64. The molecule has 264 valence electrons. The van der Waals surface area contributed by atoms with Crippen LogP contribution in [0.15, 0.2) is 170 Å². The van der Waals surface area contributed by atoms with Gasteiger partial charge in [0.15, 0.2) is 17.5 Å². The van der Waals surface area contributed by atoms with Crippen LogP contribution in [0.5, 0.6) is 0 Å². The number of benzene rings is 7. The summed E-state index contributed by atoms with van der Waals surface area (Å²) in [5.74, 6) is 1.91. The van der Waals surface area contributed by atoms with Crippen molar-refractivity contribution in [2.75, 3.05) is 0 Å². The molecular formula is C51H40N4. The minimum Gasteiger partial charge on any atom is -0.309 e. The van der Waals surface area contributed by atoms with Gasteiger partial charge in [-0.05, 0) is 62.9 Å². The van der Waals surface area contributed by atoms with Crippen LogP contribution >= 0.6 is 0 Å². The average molecular weight is 709 g/mol. The van der Waals surface area contributed by atoms with E-state index in [4.69, 9.17) is 15.0 Å². The summed E-state index contributed by atoms with van der Waals surface area (Å²) in [6, 6.07) is 60.3. The van der Waals surface area contributed by atoms with Gasteiger partial charge in [0.05, 0.1) is 11.0 Å². The highest BCUT2D eigenvalue weighted by Gasteiger charge is 2.46. The molecule has 0 N–H and O–H groups in total. The summed E-state index contributed by atoms with van der Waals surface area (Å²) >= 11 is 0. The van der Waals surface area contributed by atoms with Crippen LogP contribution in [0.2, 0.25) is 0 Å². The van der Waals surface area contributed by atoms with Gasteiger partial charge in [-0.25, -0.2) is 15.0 Å². The molecular weight excluding hydrogens is 669 g/mol. The van der Waals surface area contributed by atoms with Crippen molar-refractivity contribution in [1.82, 2.24) is 19.5 Å². The standard InChI is InChI=1S/C51H40N4/c1-50(2)42-27-13-11-26-41(42)45-43(51(50,3)4)30-29-40-39-25-12-14-28-44(39)55(46(40)45)38-24-16-23-37(32-38)49-53-47(34-19-9-6-10-20-34)52-48(54-49)36-22-15-21-35(31-36)33-17-7-5-8-18-33/h5-32H,1-4H3. The zero-order valence-corrected chi connectivity index (χ0v) is 31.5. The number of hydrogen-bond acceptors (Lipinski definition) is 3. The zero-order valence-electron chi connectivity index (χ0n) is 31.5. The first-order chi connectivity index (χ1) is 26.8. The Hall–Kier alpha value is -6.65. The van der Waals surface area contributed by atoms with Crippen LogP contribution < -0.4 is 0 Å². The number of fused-ring (bicyclic) bond motifs is 7. The molecule has 0 radical (unpaired) electrons. The smallest absolute Gasteiger partial charge is 0.164 e. The summed E-state index contributed by atoms with van der Waals surface area (Å²) in [4.78, 5) is 15.4. The molecule has 1 aliphatic carbocycles. The van der Waals surface area contributed by atoms with Crippen LogP contribution in [0.25, 0.3) is 83.9 Å². The minimum absolute atomic E-state index is 0.0610. The van der Waals surface area contributed by atoms with Crippen LogP contribution in [0.3, 0.4) is 0 Å². The molecule has 0 spiro atoms. The molecule has 0 amide bonds. The molecule has 0 atom stereocenters. The summed E-state index contributed by atoms with van der Waals surface area (Å²) in [6.45, 7) is 9.59. The lowest BCUT2D eigenvalue weighted by atomic mass is 9.55. The first-order valence-corrected chi connectivity index (χ1v) is 19.0.